The number of hydrogen-bond donors (Lipinski definition) is 3. The zero-order valence-electron chi connectivity index (χ0n) is 14.2. The molecule has 2 atom stereocenters. The van der Waals surface area contributed by atoms with Crippen LogP contribution in [0, 0.1) is 0 Å². The van der Waals surface area contributed by atoms with E-state index in [2.05, 4.69) is 15.6 Å². The van der Waals surface area contributed by atoms with Crippen LogP contribution in [0.3, 0.4) is 0 Å². The average molecular weight is 402 g/mol. The number of piperidine rings is 1. The van der Waals surface area contributed by atoms with Crippen LogP contribution in [0.25, 0.3) is 11.3 Å². The normalized spacial score (nSPS) is 19.9. The van der Waals surface area contributed by atoms with Crippen LogP contribution in [0.4, 0.5) is 13.2 Å². The molecule has 1 fully saturated rings. The summed E-state index contributed by atoms with van der Waals surface area (Å²) in [6.45, 7) is 1.09. The molecular weight excluding hydrogens is 383 g/mol. The molecule has 0 saturated carbocycles. The van der Waals surface area contributed by atoms with Crippen LogP contribution in [-0.4, -0.2) is 41.2 Å². The Morgan fingerprint density at radius 1 is 1.26 bits per heavy atom. The maximum Gasteiger partial charge on any atom is 0.416 e. The van der Waals surface area contributed by atoms with Crippen molar-refractivity contribution in [2.75, 3.05) is 13.1 Å². The minimum atomic E-state index is -4.46. The molecule has 0 unspecified atom stereocenters. The first-order valence-corrected chi connectivity index (χ1v) is 8.18. The van der Waals surface area contributed by atoms with Crippen LogP contribution >= 0.6 is 12.4 Å². The number of β-amino-alcohol motifs (C(OH)–C–C–N with tert-alkyl or cyclic N) is 1. The molecule has 1 aromatic carbocycles. The summed E-state index contributed by atoms with van der Waals surface area (Å²) >= 11 is 0. The molecule has 9 heteroatoms. The lowest BCUT2D eigenvalue weighted by Crippen LogP contribution is -2.52. The monoisotopic (exact) mass is 401 g/mol. The molecule has 2 heterocycles. The number of carbonyl (C=O) groups excluding carboxylic acids is 1. The van der Waals surface area contributed by atoms with Gasteiger partial charge in [0.05, 0.1) is 23.4 Å². The van der Waals surface area contributed by atoms with E-state index in [0.717, 1.165) is 18.3 Å². The Balaban J connectivity index is 0.00000261. The standard InChI is InChI=1S/C18H18F3N3O2.ClH/c19-18(20,21)13-4-7-23-15(9-13)11-2-1-3-12(8-11)17(26)24-14-5-6-22-10-16(14)25;/h1-4,7-9,14,16,22,25H,5-6,10H2,(H,24,26);1H/t14-,16-;/m1./s1. The number of pyridine rings is 1. The van der Waals surface area contributed by atoms with Gasteiger partial charge in [-0.2, -0.15) is 13.2 Å². The van der Waals surface area contributed by atoms with Crippen LogP contribution < -0.4 is 10.6 Å². The van der Waals surface area contributed by atoms with Gasteiger partial charge >= 0.3 is 6.18 Å². The van der Waals surface area contributed by atoms with Crippen LogP contribution in [0.2, 0.25) is 0 Å². The van der Waals surface area contributed by atoms with Gasteiger partial charge in [0.2, 0.25) is 0 Å². The van der Waals surface area contributed by atoms with Crippen molar-refractivity contribution in [2.24, 2.45) is 0 Å². The van der Waals surface area contributed by atoms with Crippen LogP contribution in [0.1, 0.15) is 22.3 Å². The zero-order valence-corrected chi connectivity index (χ0v) is 15.0. The van der Waals surface area contributed by atoms with Crippen LogP contribution in [0.5, 0.6) is 0 Å². The summed E-state index contributed by atoms with van der Waals surface area (Å²) in [5.74, 6) is -0.384. The second-order valence-corrected chi connectivity index (χ2v) is 6.15. The highest BCUT2D eigenvalue weighted by molar-refractivity contribution is 5.95. The molecule has 3 N–H and O–H groups in total. The lowest BCUT2D eigenvalue weighted by molar-refractivity contribution is -0.137. The molecule has 1 aromatic heterocycles. The highest BCUT2D eigenvalue weighted by atomic mass is 35.5. The number of rotatable bonds is 3. The molecule has 0 bridgehead atoms. The predicted octanol–water partition coefficient (Wildman–Crippen LogP) is 2.64. The fraction of sp³-hybridized carbons (Fsp3) is 0.333. The number of aromatic nitrogens is 1. The van der Waals surface area contributed by atoms with Crippen molar-refractivity contribution in [2.45, 2.75) is 24.7 Å². The van der Waals surface area contributed by atoms with Gasteiger partial charge in [-0.05, 0) is 37.2 Å². The van der Waals surface area contributed by atoms with E-state index < -0.39 is 17.8 Å². The van der Waals surface area contributed by atoms with Crippen molar-refractivity contribution in [1.29, 1.82) is 0 Å². The summed E-state index contributed by atoms with van der Waals surface area (Å²) in [6, 6.07) is 7.74. The van der Waals surface area contributed by atoms with E-state index in [1.807, 2.05) is 0 Å². The van der Waals surface area contributed by atoms with Crippen molar-refractivity contribution >= 4 is 18.3 Å². The number of nitrogens with zero attached hydrogens (tertiary/aromatic N) is 1. The number of nitrogens with one attached hydrogen (secondary N) is 2. The average Bonchev–Trinajstić information content (AvgIpc) is 2.63. The maximum atomic E-state index is 12.9. The van der Waals surface area contributed by atoms with Gasteiger partial charge in [0.1, 0.15) is 0 Å². The molecule has 1 saturated heterocycles. The Morgan fingerprint density at radius 2 is 2.04 bits per heavy atom. The number of benzene rings is 1. The summed E-state index contributed by atoms with van der Waals surface area (Å²) < 4.78 is 38.6. The van der Waals surface area contributed by atoms with Gasteiger partial charge in [0.15, 0.2) is 0 Å². The summed E-state index contributed by atoms with van der Waals surface area (Å²) in [7, 11) is 0. The quantitative estimate of drug-likeness (QED) is 0.739. The second kappa shape index (κ2) is 8.69. The second-order valence-electron chi connectivity index (χ2n) is 6.15. The fourth-order valence-electron chi connectivity index (χ4n) is 2.85. The van der Waals surface area contributed by atoms with Gasteiger partial charge < -0.3 is 15.7 Å². The first kappa shape index (κ1) is 21.1. The van der Waals surface area contributed by atoms with Crippen molar-refractivity contribution < 1.29 is 23.1 Å². The number of amides is 1. The van der Waals surface area contributed by atoms with E-state index in [0.29, 0.717) is 30.6 Å². The number of alkyl halides is 3. The predicted molar refractivity (Wildman–Crippen MR) is 96.7 cm³/mol. The van der Waals surface area contributed by atoms with E-state index in [1.54, 1.807) is 18.2 Å². The lowest BCUT2D eigenvalue weighted by atomic mass is 10.0. The van der Waals surface area contributed by atoms with Gasteiger partial charge in [-0.15, -0.1) is 12.4 Å². The molecule has 0 radical (unpaired) electrons. The van der Waals surface area contributed by atoms with E-state index in [-0.39, 0.29) is 30.0 Å². The highest BCUT2D eigenvalue weighted by Gasteiger charge is 2.31. The summed E-state index contributed by atoms with van der Waals surface area (Å²) in [4.78, 5) is 16.4. The van der Waals surface area contributed by atoms with Crippen molar-refractivity contribution in [3.05, 3.63) is 53.7 Å². The summed E-state index contributed by atoms with van der Waals surface area (Å²) in [5.41, 5.74) is 0.0496. The van der Waals surface area contributed by atoms with Gasteiger partial charge in [-0.3, -0.25) is 9.78 Å². The summed E-state index contributed by atoms with van der Waals surface area (Å²) in [6.07, 6.45) is -3.45. The first-order chi connectivity index (χ1) is 12.3. The Bertz CT molecular complexity index is 801. The topological polar surface area (TPSA) is 74.2 Å². The summed E-state index contributed by atoms with van der Waals surface area (Å²) in [5, 5.41) is 15.7. The molecule has 27 heavy (non-hydrogen) atoms. The molecule has 0 aliphatic carbocycles. The molecule has 3 rings (SSSR count). The highest BCUT2D eigenvalue weighted by Crippen LogP contribution is 2.31. The Kier molecular flexibility index (Phi) is 6.80. The van der Waals surface area contributed by atoms with Gasteiger partial charge in [-0.25, -0.2) is 0 Å². The Hall–Kier alpha value is -2.16. The third kappa shape index (κ3) is 5.18. The van der Waals surface area contributed by atoms with Gasteiger partial charge in [0, 0.05) is 23.9 Å². The molecule has 146 valence electrons. The fourth-order valence-corrected chi connectivity index (χ4v) is 2.85. The molecule has 1 aliphatic heterocycles. The molecule has 5 nitrogen and oxygen atoms in total. The maximum absolute atomic E-state index is 12.9. The van der Waals surface area contributed by atoms with Crippen LogP contribution in [-0.2, 0) is 6.18 Å². The van der Waals surface area contributed by atoms with Crippen LogP contribution in [0.15, 0.2) is 42.6 Å². The molecule has 1 aliphatic rings. The van der Waals surface area contributed by atoms with E-state index in [1.165, 1.54) is 6.07 Å². The third-order valence-electron chi connectivity index (χ3n) is 4.27. The largest absolute Gasteiger partial charge is 0.416 e. The molecule has 2 aromatic rings. The lowest BCUT2D eigenvalue weighted by Gasteiger charge is -2.29. The molecule has 0 spiro atoms. The van der Waals surface area contributed by atoms with Crippen molar-refractivity contribution in [1.82, 2.24) is 15.6 Å². The molecular formula is C18H19ClF3N3O2. The van der Waals surface area contributed by atoms with E-state index >= 15 is 0 Å². The Morgan fingerprint density at radius 3 is 2.74 bits per heavy atom. The van der Waals surface area contributed by atoms with Crippen molar-refractivity contribution in [3.63, 3.8) is 0 Å². The number of hydrogen-bond acceptors (Lipinski definition) is 4. The first-order valence-electron chi connectivity index (χ1n) is 8.18. The molecule has 1 amide bonds. The zero-order chi connectivity index (χ0) is 18.7. The minimum Gasteiger partial charge on any atom is -0.390 e. The minimum absolute atomic E-state index is 0. The number of aliphatic hydroxyl groups is 1. The van der Waals surface area contributed by atoms with Gasteiger partial charge in [0.25, 0.3) is 5.91 Å². The smallest absolute Gasteiger partial charge is 0.390 e. The number of carbonyl (C=O) groups is 1. The van der Waals surface area contributed by atoms with E-state index in [9.17, 15) is 23.1 Å². The number of halogens is 4. The van der Waals surface area contributed by atoms with Gasteiger partial charge in [-0.1, -0.05) is 12.1 Å². The third-order valence-corrected chi connectivity index (χ3v) is 4.27. The van der Waals surface area contributed by atoms with E-state index in [4.69, 9.17) is 0 Å². The SMILES string of the molecule is Cl.O=C(N[C@@H]1CCNC[C@H]1O)c1cccc(-c2cc(C(F)(F)F)ccn2)c1. The van der Waals surface area contributed by atoms with Crippen molar-refractivity contribution in [3.8, 4) is 11.3 Å². The number of aliphatic hydroxyl groups excluding tert-OH is 1. The Labute approximate surface area is 160 Å².